The fraction of sp³-hybridized carbons (Fsp3) is 0.364. The summed E-state index contributed by atoms with van der Waals surface area (Å²) in [6, 6.07) is 16.6. The van der Waals surface area contributed by atoms with Gasteiger partial charge in [0.2, 0.25) is 0 Å². The number of fused-ring (bicyclic) bond motifs is 3. The minimum absolute atomic E-state index is 0.00299. The molecule has 0 saturated heterocycles. The maximum absolute atomic E-state index is 14.6. The molecule has 2 aromatic carbocycles. The molecule has 0 amide bonds. The highest BCUT2D eigenvalue weighted by Crippen LogP contribution is 2.41. The lowest BCUT2D eigenvalue weighted by Gasteiger charge is -2.43. The Bertz CT molecular complexity index is 921. The summed E-state index contributed by atoms with van der Waals surface area (Å²) in [5, 5.41) is 1.27. The fourth-order valence-corrected chi connectivity index (χ4v) is 4.22. The van der Waals surface area contributed by atoms with Gasteiger partial charge >= 0.3 is 0 Å². The summed E-state index contributed by atoms with van der Waals surface area (Å²) in [5.41, 5.74) is 10.2. The highest BCUT2D eigenvalue weighted by Gasteiger charge is 2.38. The zero-order chi connectivity index (χ0) is 18.5. The van der Waals surface area contributed by atoms with Crippen LogP contribution in [0.2, 0.25) is 0 Å². The highest BCUT2D eigenvalue weighted by molar-refractivity contribution is 5.85. The standard InChI is InChI=1S/C22H26FN3/c1-14-12-18-17-6-4-5-7-19(17)25-20(18)21(26(14)13-22(2,3)23)15-8-10-16(24)11-9-15/h4-11,14,21,25H,12-13,24H2,1-3H3/t14-,21-/m1/s1. The minimum atomic E-state index is -1.26. The molecule has 3 N–H and O–H groups in total. The van der Waals surface area contributed by atoms with Gasteiger partial charge in [-0.15, -0.1) is 0 Å². The largest absolute Gasteiger partial charge is 0.399 e. The number of alkyl halides is 1. The molecule has 0 aliphatic carbocycles. The van der Waals surface area contributed by atoms with Crippen LogP contribution in [0.25, 0.3) is 10.9 Å². The van der Waals surface area contributed by atoms with Gasteiger partial charge in [0.25, 0.3) is 0 Å². The van der Waals surface area contributed by atoms with E-state index in [1.165, 1.54) is 16.6 Å². The molecule has 0 spiro atoms. The molecule has 4 heteroatoms. The molecule has 4 rings (SSSR count). The average molecular weight is 351 g/mol. The van der Waals surface area contributed by atoms with Crippen LogP contribution >= 0.6 is 0 Å². The van der Waals surface area contributed by atoms with E-state index >= 15 is 0 Å². The molecule has 0 unspecified atom stereocenters. The van der Waals surface area contributed by atoms with Gasteiger partial charge in [0.05, 0.1) is 6.04 Å². The number of H-pyrrole nitrogens is 1. The quantitative estimate of drug-likeness (QED) is 0.664. The van der Waals surface area contributed by atoms with Crippen molar-refractivity contribution in [3.63, 3.8) is 0 Å². The minimum Gasteiger partial charge on any atom is -0.399 e. The van der Waals surface area contributed by atoms with Crippen LogP contribution in [0.3, 0.4) is 0 Å². The van der Waals surface area contributed by atoms with Crippen molar-refractivity contribution in [2.45, 2.75) is 44.9 Å². The molecule has 1 aliphatic rings. The fourth-order valence-electron chi connectivity index (χ4n) is 4.22. The van der Waals surface area contributed by atoms with Crippen molar-refractivity contribution in [1.29, 1.82) is 0 Å². The number of anilines is 1. The van der Waals surface area contributed by atoms with Crippen LogP contribution in [-0.2, 0) is 6.42 Å². The van der Waals surface area contributed by atoms with Crippen molar-refractivity contribution in [2.24, 2.45) is 0 Å². The second-order valence-electron chi connectivity index (χ2n) is 8.08. The summed E-state index contributed by atoms with van der Waals surface area (Å²) >= 11 is 0. The lowest BCUT2D eigenvalue weighted by atomic mass is 9.87. The molecule has 0 bridgehead atoms. The van der Waals surface area contributed by atoms with Crippen molar-refractivity contribution in [3.8, 4) is 0 Å². The van der Waals surface area contributed by atoms with E-state index in [1.54, 1.807) is 13.8 Å². The SMILES string of the molecule is C[C@@H]1Cc2c([nH]c3ccccc23)[C@@H](c2ccc(N)cc2)N1CC(C)(C)F. The van der Waals surface area contributed by atoms with E-state index in [0.717, 1.165) is 23.2 Å². The van der Waals surface area contributed by atoms with Crippen LogP contribution in [0.15, 0.2) is 48.5 Å². The number of nitrogens with two attached hydrogens (primary N) is 1. The third kappa shape index (κ3) is 2.99. The predicted molar refractivity (Wildman–Crippen MR) is 106 cm³/mol. The number of aromatic amines is 1. The third-order valence-corrected chi connectivity index (χ3v) is 5.33. The number of hydrogen-bond acceptors (Lipinski definition) is 2. The van der Waals surface area contributed by atoms with Crippen molar-refractivity contribution in [1.82, 2.24) is 9.88 Å². The van der Waals surface area contributed by atoms with E-state index in [1.807, 2.05) is 18.2 Å². The lowest BCUT2D eigenvalue weighted by molar-refractivity contribution is 0.0668. The normalized spacial score (nSPS) is 21.1. The number of nitrogen functional groups attached to an aromatic ring is 1. The number of benzene rings is 2. The molecular weight excluding hydrogens is 325 g/mol. The van der Waals surface area contributed by atoms with E-state index in [4.69, 9.17) is 5.73 Å². The zero-order valence-electron chi connectivity index (χ0n) is 15.6. The molecule has 1 aromatic heterocycles. The number of rotatable bonds is 3. The van der Waals surface area contributed by atoms with Gasteiger partial charge in [-0.05, 0) is 56.5 Å². The lowest BCUT2D eigenvalue weighted by Crippen LogP contribution is -2.47. The average Bonchev–Trinajstić information content (AvgIpc) is 2.94. The van der Waals surface area contributed by atoms with Gasteiger partial charge in [0.15, 0.2) is 0 Å². The number of hydrogen-bond donors (Lipinski definition) is 2. The maximum atomic E-state index is 14.6. The van der Waals surface area contributed by atoms with Crippen molar-refractivity contribution in [3.05, 3.63) is 65.4 Å². The Labute approximate surface area is 154 Å². The topological polar surface area (TPSA) is 45.1 Å². The molecular formula is C22H26FN3. The molecule has 0 saturated carbocycles. The van der Waals surface area contributed by atoms with E-state index in [-0.39, 0.29) is 12.1 Å². The highest BCUT2D eigenvalue weighted by atomic mass is 19.1. The van der Waals surface area contributed by atoms with Crippen LogP contribution in [0.4, 0.5) is 10.1 Å². The molecule has 1 aliphatic heterocycles. The third-order valence-electron chi connectivity index (χ3n) is 5.33. The van der Waals surface area contributed by atoms with Crippen LogP contribution in [0.1, 0.15) is 43.6 Å². The Morgan fingerprint density at radius 1 is 1.15 bits per heavy atom. The summed E-state index contributed by atoms with van der Waals surface area (Å²) < 4.78 is 14.6. The predicted octanol–water partition coefficient (Wildman–Crippen LogP) is 4.83. The van der Waals surface area contributed by atoms with E-state index < -0.39 is 5.67 Å². The molecule has 0 fully saturated rings. The summed E-state index contributed by atoms with van der Waals surface area (Å²) in [6.45, 7) is 5.89. The first-order valence-corrected chi connectivity index (χ1v) is 9.23. The second-order valence-corrected chi connectivity index (χ2v) is 8.08. The molecule has 136 valence electrons. The van der Waals surface area contributed by atoms with Crippen LogP contribution < -0.4 is 5.73 Å². The summed E-state index contributed by atoms with van der Waals surface area (Å²) in [7, 11) is 0. The van der Waals surface area contributed by atoms with Gasteiger partial charge in [0.1, 0.15) is 5.67 Å². The Morgan fingerprint density at radius 2 is 1.85 bits per heavy atom. The number of para-hydroxylation sites is 1. The first-order chi connectivity index (χ1) is 12.3. The van der Waals surface area contributed by atoms with Crippen molar-refractivity contribution < 1.29 is 4.39 Å². The maximum Gasteiger partial charge on any atom is 0.118 e. The first-order valence-electron chi connectivity index (χ1n) is 9.23. The van der Waals surface area contributed by atoms with E-state index in [0.29, 0.717) is 6.54 Å². The first kappa shape index (κ1) is 17.1. The Hall–Kier alpha value is -2.33. The van der Waals surface area contributed by atoms with Gasteiger partial charge in [-0.3, -0.25) is 4.90 Å². The Balaban J connectivity index is 1.90. The van der Waals surface area contributed by atoms with Crippen LogP contribution in [-0.4, -0.2) is 28.1 Å². The Morgan fingerprint density at radius 3 is 2.54 bits per heavy atom. The molecule has 3 aromatic rings. The summed E-state index contributed by atoms with van der Waals surface area (Å²) in [4.78, 5) is 5.90. The number of nitrogens with zero attached hydrogens (tertiary/aromatic N) is 1. The molecule has 2 atom stereocenters. The molecule has 26 heavy (non-hydrogen) atoms. The number of nitrogens with one attached hydrogen (secondary N) is 1. The monoisotopic (exact) mass is 351 g/mol. The van der Waals surface area contributed by atoms with Crippen molar-refractivity contribution in [2.75, 3.05) is 12.3 Å². The van der Waals surface area contributed by atoms with Crippen molar-refractivity contribution >= 4 is 16.6 Å². The number of aromatic nitrogens is 1. The van der Waals surface area contributed by atoms with Crippen LogP contribution in [0, 0.1) is 0 Å². The molecule has 0 radical (unpaired) electrons. The van der Waals surface area contributed by atoms with Gasteiger partial charge < -0.3 is 10.7 Å². The van der Waals surface area contributed by atoms with Gasteiger partial charge in [-0.1, -0.05) is 30.3 Å². The summed E-state index contributed by atoms with van der Waals surface area (Å²) in [5.74, 6) is 0. The molecule has 2 heterocycles. The number of halogens is 1. The smallest absolute Gasteiger partial charge is 0.118 e. The zero-order valence-corrected chi connectivity index (χ0v) is 15.6. The molecule has 3 nitrogen and oxygen atoms in total. The van der Waals surface area contributed by atoms with Gasteiger partial charge in [-0.25, -0.2) is 4.39 Å². The Kier molecular flexibility index (Phi) is 4.03. The van der Waals surface area contributed by atoms with Gasteiger partial charge in [0, 0.05) is 34.9 Å². The van der Waals surface area contributed by atoms with Gasteiger partial charge in [-0.2, -0.15) is 0 Å². The second kappa shape index (κ2) is 6.13. The van der Waals surface area contributed by atoms with Crippen LogP contribution in [0.5, 0.6) is 0 Å². The van der Waals surface area contributed by atoms with E-state index in [2.05, 4.69) is 47.1 Å². The van der Waals surface area contributed by atoms with E-state index in [9.17, 15) is 4.39 Å². The summed E-state index contributed by atoms with van der Waals surface area (Å²) in [6.07, 6.45) is 0.918.